The van der Waals surface area contributed by atoms with Crippen molar-refractivity contribution in [3.8, 4) is 0 Å². The van der Waals surface area contributed by atoms with E-state index in [1.807, 2.05) is 13.8 Å². The number of oxazole rings is 1. The second kappa shape index (κ2) is 11.1. The molecule has 0 radical (unpaired) electrons. The molecule has 0 unspecified atom stereocenters. The molecule has 1 N–H and O–H groups in total. The van der Waals surface area contributed by atoms with Gasteiger partial charge in [-0.2, -0.15) is 0 Å². The second-order valence-corrected chi connectivity index (χ2v) is 9.34. The predicted octanol–water partition coefficient (Wildman–Crippen LogP) is 2.74. The maximum Gasteiger partial charge on any atom is 0.208 e. The Labute approximate surface area is 182 Å². The van der Waals surface area contributed by atoms with Gasteiger partial charge in [-0.3, -0.25) is 14.8 Å². The van der Waals surface area contributed by atoms with Gasteiger partial charge in [0.1, 0.15) is 5.76 Å². The minimum absolute atomic E-state index is 0.671. The number of hydrogen-bond donors (Lipinski definition) is 1. The number of nitrogens with one attached hydrogen (secondary N) is 1. The first-order valence-corrected chi connectivity index (χ1v) is 11.9. The number of aryl methyl sites for hydroxylation is 2. The lowest BCUT2D eigenvalue weighted by Gasteiger charge is -2.37. The molecule has 170 valence electrons. The summed E-state index contributed by atoms with van der Waals surface area (Å²) in [7, 11) is 0. The Morgan fingerprint density at radius 1 is 1.10 bits per heavy atom. The Kier molecular flexibility index (Phi) is 8.57. The average Bonchev–Trinajstić information content (AvgIpc) is 3.03. The monoisotopic (exact) mass is 418 g/mol. The molecule has 0 atom stereocenters. The van der Waals surface area contributed by atoms with E-state index in [1.54, 1.807) is 0 Å². The number of hydrogen-bond acceptors (Lipinski definition) is 5. The van der Waals surface area contributed by atoms with Gasteiger partial charge in [0.15, 0.2) is 5.96 Å². The fourth-order valence-electron chi connectivity index (χ4n) is 4.43. The molecule has 3 rings (SSSR count). The van der Waals surface area contributed by atoms with E-state index >= 15 is 0 Å². The van der Waals surface area contributed by atoms with Crippen LogP contribution in [-0.4, -0.2) is 84.5 Å². The zero-order valence-corrected chi connectivity index (χ0v) is 19.8. The Morgan fingerprint density at radius 2 is 1.80 bits per heavy atom. The third kappa shape index (κ3) is 6.71. The summed E-state index contributed by atoms with van der Waals surface area (Å²) in [5, 5.41) is 3.52. The maximum atomic E-state index is 5.75. The van der Waals surface area contributed by atoms with E-state index in [2.05, 4.69) is 45.8 Å². The van der Waals surface area contributed by atoms with Crippen molar-refractivity contribution in [1.29, 1.82) is 0 Å². The van der Waals surface area contributed by atoms with Crippen LogP contribution in [0.3, 0.4) is 0 Å². The summed E-state index contributed by atoms with van der Waals surface area (Å²) < 4.78 is 5.75. The van der Waals surface area contributed by atoms with Gasteiger partial charge in [-0.05, 0) is 58.5 Å². The van der Waals surface area contributed by atoms with Crippen LogP contribution in [0.25, 0.3) is 0 Å². The SMILES string of the molecule is CCNC(=NCC1CCN(Cc2nc(C)c(C)o2)CC1)N1CCN(CC(C)C)CC1. The van der Waals surface area contributed by atoms with Crippen molar-refractivity contribution in [2.45, 2.75) is 54.0 Å². The summed E-state index contributed by atoms with van der Waals surface area (Å²) in [6.07, 6.45) is 2.40. The number of likely N-dealkylation sites (tertiary alicyclic amines) is 1. The van der Waals surface area contributed by atoms with Crippen molar-refractivity contribution in [3.05, 3.63) is 17.3 Å². The number of piperazine rings is 1. The minimum Gasteiger partial charge on any atom is -0.444 e. The summed E-state index contributed by atoms with van der Waals surface area (Å²) in [5.74, 6) is 4.31. The number of aromatic nitrogens is 1. The van der Waals surface area contributed by atoms with Crippen LogP contribution >= 0.6 is 0 Å². The zero-order chi connectivity index (χ0) is 21.5. The normalized spacial score (nSPS) is 20.3. The lowest BCUT2D eigenvalue weighted by molar-refractivity contribution is 0.160. The van der Waals surface area contributed by atoms with Gasteiger partial charge in [0.2, 0.25) is 5.89 Å². The highest BCUT2D eigenvalue weighted by Crippen LogP contribution is 2.20. The van der Waals surface area contributed by atoms with Gasteiger partial charge in [-0.1, -0.05) is 13.8 Å². The molecule has 1 aromatic heterocycles. The third-order valence-corrected chi connectivity index (χ3v) is 6.27. The molecule has 0 aromatic carbocycles. The van der Waals surface area contributed by atoms with Gasteiger partial charge in [-0.25, -0.2) is 4.98 Å². The van der Waals surface area contributed by atoms with Crippen LogP contribution in [0.15, 0.2) is 9.41 Å². The molecule has 7 nitrogen and oxygen atoms in total. The largest absolute Gasteiger partial charge is 0.444 e. The minimum atomic E-state index is 0.671. The molecule has 0 bridgehead atoms. The van der Waals surface area contributed by atoms with Crippen LogP contribution in [0, 0.1) is 25.7 Å². The molecule has 1 aromatic rings. The topological polar surface area (TPSA) is 60.1 Å². The van der Waals surface area contributed by atoms with Crippen molar-refractivity contribution in [1.82, 2.24) is 25.0 Å². The third-order valence-electron chi connectivity index (χ3n) is 6.27. The molecule has 2 saturated heterocycles. The van der Waals surface area contributed by atoms with Crippen LogP contribution in [0.4, 0.5) is 0 Å². The van der Waals surface area contributed by atoms with Gasteiger partial charge < -0.3 is 14.6 Å². The number of aliphatic imine (C=N–C) groups is 1. The van der Waals surface area contributed by atoms with Gasteiger partial charge in [-0.15, -0.1) is 0 Å². The van der Waals surface area contributed by atoms with E-state index < -0.39 is 0 Å². The fourth-order valence-corrected chi connectivity index (χ4v) is 4.43. The highest BCUT2D eigenvalue weighted by Gasteiger charge is 2.23. The summed E-state index contributed by atoms with van der Waals surface area (Å²) in [6.45, 7) is 21.3. The van der Waals surface area contributed by atoms with Crippen molar-refractivity contribution in [2.24, 2.45) is 16.8 Å². The Hall–Kier alpha value is -1.60. The van der Waals surface area contributed by atoms with Crippen molar-refractivity contribution < 1.29 is 4.42 Å². The lowest BCUT2D eigenvalue weighted by atomic mass is 9.97. The molecule has 0 aliphatic carbocycles. The van der Waals surface area contributed by atoms with E-state index in [9.17, 15) is 0 Å². The first-order chi connectivity index (χ1) is 14.4. The van der Waals surface area contributed by atoms with Gasteiger partial charge >= 0.3 is 0 Å². The predicted molar refractivity (Wildman–Crippen MR) is 123 cm³/mol. The molecule has 7 heteroatoms. The van der Waals surface area contributed by atoms with E-state index in [-0.39, 0.29) is 0 Å². The molecule has 2 aliphatic heterocycles. The average molecular weight is 419 g/mol. The summed E-state index contributed by atoms with van der Waals surface area (Å²) in [6, 6.07) is 0. The fraction of sp³-hybridized carbons (Fsp3) is 0.826. The zero-order valence-electron chi connectivity index (χ0n) is 19.8. The van der Waals surface area contributed by atoms with Crippen LogP contribution in [0.5, 0.6) is 0 Å². The molecular formula is C23H42N6O. The van der Waals surface area contributed by atoms with Crippen LogP contribution < -0.4 is 5.32 Å². The van der Waals surface area contributed by atoms with Gasteiger partial charge in [0, 0.05) is 45.8 Å². The number of guanidine groups is 1. The Morgan fingerprint density at radius 3 is 2.37 bits per heavy atom. The molecule has 2 fully saturated rings. The van der Waals surface area contributed by atoms with Crippen molar-refractivity contribution >= 4 is 5.96 Å². The molecule has 2 aliphatic rings. The lowest BCUT2D eigenvalue weighted by Crippen LogP contribution is -2.53. The first-order valence-electron chi connectivity index (χ1n) is 11.9. The van der Waals surface area contributed by atoms with E-state index in [4.69, 9.17) is 9.41 Å². The van der Waals surface area contributed by atoms with E-state index in [0.717, 1.165) is 88.1 Å². The molecule has 0 amide bonds. The highest BCUT2D eigenvalue weighted by molar-refractivity contribution is 5.80. The van der Waals surface area contributed by atoms with Crippen LogP contribution in [-0.2, 0) is 6.54 Å². The Bertz CT molecular complexity index is 650. The first kappa shape index (κ1) is 23.1. The quantitative estimate of drug-likeness (QED) is 0.543. The molecule has 3 heterocycles. The smallest absolute Gasteiger partial charge is 0.208 e. The summed E-state index contributed by atoms with van der Waals surface area (Å²) in [5.41, 5.74) is 1.01. The van der Waals surface area contributed by atoms with E-state index in [0.29, 0.717) is 5.92 Å². The maximum absolute atomic E-state index is 5.75. The van der Waals surface area contributed by atoms with E-state index in [1.165, 1.54) is 19.4 Å². The standard InChI is InChI=1S/C23H42N6O/c1-6-24-23(29-13-11-28(12-14-29)16-18(2)3)25-15-21-7-9-27(10-8-21)17-22-26-19(4)20(5)30-22/h18,21H,6-17H2,1-5H3,(H,24,25). The summed E-state index contributed by atoms with van der Waals surface area (Å²) >= 11 is 0. The molecular weight excluding hydrogens is 376 g/mol. The molecule has 0 spiro atoms. The highest BCUT2D eigenvalue weighted by atomic mass is 16.4. The number of rotatable bonds is 7. The van der Waals surface area contributed by atoms with Gasteiger partial charge in [0.05, 0.1) is 12.2 Å². The number of piperidine rings is 1. The van der Waals surface area contributed by atoms with Crippen molar-refractivity contribution in [2.75, 3.05) is 58.9 Å². The van der Waals surface area contributed by atoms with Crippen LogP contribution in [0.1, 0.15) is 51.0 Å². The second-order valence-electron chi connectivity index (χ2n) is 9.34. The molecule has 30 heavy (non-hydrogen) atoms. The van der Waals surface area contributed by atoms with Crippen LogP contribution in [0.2, 0.25) is 0 Å². The summed E-state index contributed by atoms with van der Waals surface area (Å²) in [4.78, 5) is 17.1. The van der Waals surface area contributed by atoms with Crippen molar-refractivity contribution in [3.63, 3.8) is 0 Å². The Balaban J connectivity index is 1.44. The van der Waals surface area contributed by atoms with Gasteiger partial charge in [0.25, 0.3) is 0 Å². The molecule has 0 saturated carbocycles. The number of nitrogens with zero attached hydrogens (tertiary/aromatic N) is 5.